The number of hydrogen-bond acceptors (Lipinski definition) is 2. The Morgan fingerprint density at radius 3 is 2.71 bits per heavy atom. The fourth-order valence-corrected chi connectivity index (χ4v) is 2.87. The van der Waals surface area contributed by atoms with Gasteiger partial charge in [-0.05, 0) is 58.2 Å². The average Bonchev–Trinajstić information content (AvgIpc) is 2.51. The van der Waals surface area contributed by atoms with E-state index in [1.54, 1.807) is 0 Å². The summed E-state index contributed by atoms with van der Waals surface area (Å²) in [5.74, 6) is 1.61. The van der Waals surface area contributed by atoms with Gasteiger partial charge < -0.3 is 9.80 Å². The number of rotatable bonds is 2. The Balaban J connectivity index is 1.74. The highest BCUT2D eigenvalue weighted by molar-refractivity contribution is 4.80. The quantitative estimate of drug-likeness (QED) is 0.658. The van der Waals surface area contributed by atoms with Crippen molar-refractivity contribution in [3.05, 3.63) is 6.92 Å². The molecule has 2 nitrogen and oxygen atoms in total. The Morgan fingerprint density at radius 2 is 2.07 bits per heavy atom. The van der Waals surface area contributed by atoms with Crippen LogP contribution in [-0.2, 0) is 0 Å². The highest BCUT2D eigenvalue weighted by Gasteiger charge is 2.24. The van der Waals surface area contributed by atoms with Crippen LogP contribution in [0.15, 0.2) is 0 Å². The molecule has 0 amide bonds. The van der Waals surface area contributed by atoms with E-state index in [0.717, 1.165) is 5.92 Å². The van der Waals surface area contributed by atoms with Gasteiger partial charge in [0, 0.05) is 19.6 Å². The minimum Gasteiger partial charge on any atom is -0.306 e. The molecule has 0 aromatic heterocycles. The maximum atomic E-state index is 4.14. The summed E-state index contributed by atoms with van der Waals surface area (Å²) in [4.78, 5) is 5.09. The van der Waals surface area contributed by atoms with Gasteiger partial charge in [0.25, 0.3) is 0 Å². The minimum atomic E-state index is 0.691. The van der Waals surface area contributed by atoms with Gasteiger partial charge in [0.05, 0.1) is 0 Å². The molecule has 0 N–H and O–H groups in total. The van der Waals surface area contributed by atoms with Crippen molar-refractivity contribution in [1.82, 2.24) is 9.80 Å². The first kappa shape index (κ1) is 10.4. The van der Waals surface area contributed by atoms with Crippen LogP contribution in [0.4, 0.5) is 0 Å². The molecule has 0 spiro atoms. The molecule has 2 heteroatoms. The molecule has 2 aliphatic heterocycles. The molecular weight excluding hydrogens is 172 g/mol. The molecule has 2 saturated heterocycles. The van der Waals surface area contributed by atoms with Crippen LogP contribution in [-0.4, -0.2) is 49.6 Å². The van der Waals surface area contributed by atoms with E-state index in [-0.39, 0.29) is 0 Å². The first-order valence-electron chi connectivity index (χ1n) is 5.98. The highest BCUT2D eigenvalue weighted by Crippen LogP contribution is 2.20. The van der Waals surface area contributed by atoms with Gasteiger partial charge >= 0.3 is 0 Å². The number of piperidine rings is 1. The summed E-state index contributed by atoms with van der Waals surface area (Å²) in [5.41, 5.74) is 0. The van der Waals surface area contributed by atoms with Gasteiger partial charge in [-0.25, -0.2) is 0 Å². The average molecular weight is 195 g/mol. The molecule has 0 aromatic rings. The lowest BCUT2D eigenvalue weighted by Gasteiger charge is -2.32. The van der Waals surface area contributed by atoms with Gasteiger partial charge in [-0.15, -0.1) is 0 Å². The molecule has 0 bridgehead atoms. The summed E-state index contributed by atoms with van der Waals surface area (Å²) in [6.07, 6.45) is 4.13. The standard InChI is InChI=1S/C12H23N2/c1-11-5-7-14(8-11)10-12-4-3-6-13(2)9-12/h11-12H,1,3-10H2,2H3. The van der Waals surface area contributed by atoms with E-state index in [9.17, 15) is 0 Å². The van der Waals surface area contributed by atoms with Gasteiger partial charge in [-0.3, -0.25) is 0 Å². The topological polar surface area (TPSA) is 6.48 Å². The van der Waals surface area contributed by atoms with E-state index >= 15 is 0 Å². The Kier molecular flexibility index (Phi) is 3.45. The van der Waals surface area contributed by atoms with Crippen molar-refractivity contribution >= 4 is 0 Å². The van der Waals surface area contributed by atoms with Crippen molar-refractivity contribution in [3.63, 3.8) is 0 Å². The van der Waals surface area contributed by atoms with Crippen LogP contribution in [0.3, 0.4) is 0 Å². The monoisotopic (exact) mass is 195 g/mol. The third-order valence-electron chi connectivity index (χ3n) is 3.61. The van der Waals surface area contributed by atoms with Gasteiger partial charge in [0.15, 0.2) is 0 Å². The van der Waals surface area contributed by atoms with Crippen LogP contribution in [0.5, 0.6) is 0 Å². The van der Waals surface area contributed by atoms with Crippen LogP contribution in [0, 0.1) is 18.8 Å². The van der Waals surface area contributed by atoms with E-state index in [0.29, 0.717) is 5.92 Å². The normalized spacial score (nSPS) is 36.4. The van der Waals surface area contributed by atoms with Crippen LogP contribution in [0.25, 0.3) is 0 Å². The summed E-state index contributed by atoms with van der Waals surface area (Å²) in [5, 5.41) is 0. The fourth-order valence-electron chi connectivity index (χ4n) is 2.87. The second-order valence-electron chi connectivity index (χ2n) is 5.18. The van der Waals surface area contributed by atoms with E-state index in [1.807, 2.05) is 0 Å². The Labute approximate surface area is 88.3 Å². The number of likely N-dealkylation sites (tertiary alicyclic amines) is 2. The fraction of sp³-hybridized carbons (Fsp3) is 0.917. The molecule has 2 heterocycles. The predicted octanol–water partition coefficient (Wildman–Crippen LogP) is 1.48. The second kappa shape index (κ2) is 4.63. The van der Waals surface area contributed by atoms with Crippen molar-refractivity contribution in [2.75, 3.05) is 39.8 Å². The van der Waals surface area contributed by atoms with Crippen molar-refractivity contribution in [3.8, 4) is 0 Å². The zero-order chi connectivity index (χ0) is 9.97. The molecule has 0 aromatic carbocycles. The van der Waals surface area contributed by atoms with Gasteiger partial charge in [-0.2, -0.15) is 0 Å². The van der Waals surface area contributed by atoms with Crippen molar-refractivity contribution in [1.29, 1.82) is 0 Å². The largest absolute Gasteiger partial charge is 0.306 e. The van der Waals surface area contributed by atoms with E-state index < -0.39 is 0 Å². The lowest BCUT2D eigenvalue weighted by Crippen LogP contribution is -2.38. The Hall–Kier alpha value is -0.0800. The summed E-state index contributed by atoms with van der Waals surface area (Å²) in [6.45, 7) is 10.6. The summed E-state index contributed by atoms with van der Waals surface area (Å²) < 4.78 is 0. The molecule has 0 aliphatic carbocycles. The summed E-state index contributed by atoms with van der Waals surface area (Å²) >= 11 is 0. The molecule has 2 atom stereocenters. The zero-order valence-corrected chi connectivity index (χ0v) is 9.41. The highest BCUT2D eigenvalue weighted by atomic mass is 15.2. The molecule has 81 valence electrons. The second-order valence-corrected chi connectivity index (χ2v) is 5.18. The SMILES string of the molecule is [CH2]C1CCN(CC2CCCN(C)C2)C1. The van der Waals surface area contributed by atoms with Crippen LogP contribution >= 0.6 is 0 Å². The van der Waals surface area contributed by atoms with E-state index in [4.69, 9.17) is 0 Å². The molecule has 2 fully saturated rings. The smallest absolute Gasteiger partial charge is 0.00220 e. The molecule has 1 radical (unpaired) electrons. The maximum absolute atomic E-state index is 4.14. The van der Waals surface area contributed by atoms with Crippen molar-refractivity contribution in [2.24, 2.45) is 11.8 Å². The number of nitrogens with zero attached hydrogens (tertiary/aromatic N) is 2. The van der Waals surface area contributed by atoms with Crippen LogP contribution in [0.2, 0.25) is 0 Å². The molecule has 14 heavy (non-hydrogen) atoms. The van der Waals surface area contributed by atoms with Crippen molar-refractivity contribution in [2.45, 2.75) is 19.3 Å². The summed E-state index contributed by atoms with van der Waals surface area (Å²) in [6, 6.07) is 0. The van der Waals surface area contributed by atoms with Crippen molar-refractivity contribution < 1.29 is 0 Å². The Morgan fingerprint density at radius 1 is 1.21 bits per heavy atom. The van der Waals surface area contributed by atoms with Gasteiger partial charge in [0.2, 0.25) is 0 Å². The zero-order valence-electron chi connectivity index (χ0n) is 9.41. The number of hydrogen-bond donors (Lipinski definition) is 0. The molecule has 2 unspecified atom stereocenters. The third-order valence-corrected chi connectivity index (χ3v) is 3.61. The third kappa shape index (κ3) is 2.71. The molecule has 2 rings (SSSR count). The van der Waals surface area contributed by atoms with Crippen LogP contribution < -0.4 is 0 Å². The van der Waals surface area contributed by atoms with E-state index in [1.165, 1.54) is 52.0 Å². The Bertz CT molecular complexity index is 181. The minimum absolute atomic E-state index is 0.691. The maximum Gasteiger partial charge on any atom is 0.00220 e. The molecule has 2 aliphatic rings. The van der Waals surface area contributed by atoms with Crippen LogP contribution in [0.1, 0.15) is 19.3 Å². The first-order chi connectivity index (χ1) is 6.74. The lowest BCUT2D eigenvalue weighted by molar-refractivity contribution is 0.165. The predicted molar refractivity (Wildman–Crippen MR) is 60.1 cm³/mol. The molecular formula is C12H23N2. The lowest BCUT2D eigenvalue weighted by atomic mass is 9.98. The van der Waals surface area contributed by atoms with Gasteiger partial charge in [-0.1, -0.05) is 0 Å². The first-order valence-corrected chi connectivity index (χ1v) is 5.98. The van der Waals surface area contributed by atoms with E-state index in [2.05, 4.69) is 23.8 Å². The molecule has 0 saturated carbocycles. The summed E-state index contributed by atoms with van der Waals surface area (Å²) in [7, 11) is 2.25. The van der Waals surface area contributed by atoms with Gasteiger partial charge in [0.1, 0.15) is 0 Å².